The van der Waals surface area contributed by atoms with Gasteiger partial charge >= 0.3 is 5.97 Å². The van der Waals surface area contributed by atoms with E-state index in [2.05, 4.69) is 5.16 Å². The van der Waals surface area contributed by atoms with Gasteiger partial charge in [0.2, 0.25) is 0 Å². The molecule has 2 aromatic carbocycles. The number of fused-ring (bicyclic) bond motifs is 3. The average molecular weight is 560 g/mol. The van der Waals surface area contributed by atoms with Gasteiger partial charge in [-0.15, -0.1) is 0 Å². The monoisotopic (exact) mass is 559 g/mol. The number of carbonyl (C=O) groups is 1. The third kappa shape index (κ3) is 4.80. The number of rotatable bonds is 9. The summed E-state index contributed by atoms with van der Waals surface area (Å²) in [6.07, 6.45) is 7.72. The van der Waals surface area contributed by atoms with Crippen LogP contribution in [-0.4, -0.2) is 28.4 Å². The zero-order valence-electron chi connectivity index (χ0n) is 20.8. The van der Waals surface area contributed by atoms with Crippen LogP contribution in [0.25, 0.3) is 11.3 Å². The van der Waals surface area contributed by atoms with E-state index in [1.807, 2.05) is 6.07 Å². The number of aromatic nitrogens is 1. The Morgan fingerprint density at radius 1 is 1.08 bits per heavy atom. The molecule has 9 heteroatoms. The van der Waals surface area contributed by atoms with Gasteiger partial charge in [-0.2, -0.15) is 0 Å². The molecule has 4 saturated carbocycles. The third-order valence-corrected chi connectivity index (χ3v) is 9.16. The average Bonchev–Trinajstić information content (AvgIpc) is 3.68. The molecule has 4 aliphatic carbocycles. The van der Waals surface area contributed by atoms with E-state index in [0.29, 0.717) is 46.2 Å². The molecule has 200 valence electrons. The fourth-order valence-electron chi connectivity index (χ4n) is 5.93. The van der Waals surface area contributed by atoms with Gasteiger partial charge in [0, 0.05) is 22.5 Å². The van der Waals surface area contributed by atoms with Crippen LogP contribution in [0, 0.1) is 11.2 Å². The predicted molar refractivity (Wildman–Crippen MR) is 140 cm³/mol. The maximum atomic E-state index is 13.7. The van der Waals surface area contributed by atoms with Crippen LogP contribution in [0.2, 0.25) is 10.0 Å². The Hall–Kier alpha value is -2.61. The van der Waals surface area contributed by atoms with Gasteiger partial charge in [0.25, 0.3) is 0 Å². The lowest BCUT2D eigenvalue weighted by molar-refractivity contribution is -0.150. The van der Waals surface area contributed by atoms with Crippen LogP contribution in [0.4, 0.5) is 4.39 Å². The van der Waals surface area contributed by atoms with Crippen LogP contribution in [0.3, 0.4) is 0 Å². The van der Waals surface area contributed by atoms with Crippen LogP contribution in [0.5, 0.6) is 5.75 Å². The Morgan fingerprint density at radius 3 is 2.39 bits per heavy atom. The summed E-state index contributed by atoms with van der Waals surface area (Å²) in [6.45, 7) is 0.865. The second kappa shape index (κ2) is 9.85. The molecule has 0 radical (unpaired) electrons. The predicted octanol–water partition coefficient (Wildman–Crippen LogP) is 8.05. The van der Waals surface area contributed by atoms with Gasteiger partial charge in [0.1, 0.15) is 23.0 Å². The molecule has 0 amide bonds. The quantitative estimate of drug-likeness (QED) is 0.285. The number of halogens is 3. The fourth-order valence-corrected chi connectivity index (χ4v) is 6.51. The zero-order chi connectivity index (χ0) is 26.5. The SMILES string of the molecule is O=C(O)c1cc(OCC23CCC(OCc4c(-c5c(Cl)cccc5Cl)noc4C4CC4)(CC2)CC3)ccc1F. The minimum absolute atomic E-state index is 0.00943. The van der Waals surface area contributed by atoms with E-state index >= 15 is 0 Å². The Kier molecular flexibility index (Phi) is 6.65. The van der Waals surface area contributed by atoms with Crippen molar-refractivity contribution in [2.75, 3.05) is 6.61 Å². The number of carboxylic acids is 1. The minimum atomic E-state index is -1.30. The first-order valence-corrected chi connectivity index (χ1v) is 13.8. The maximum absolute atomic E-state index is 13.7. The summed E-state index contributed by atoms with van der Waals surface area (Å²) in [4.78, 5) is 11.3. The van der Waals surface area contributed by atoms with Crippen LogP contribution >= 0.6 is 23.2 Å². The molecule has 0 saturated heterocycles. The fraction of sp³-hybridized carbons (Fsp3) is 0.448. The van der Waals surface area contributed by atoms with Crippen molar-refractivity contribution in [1.29, 1.82) is 0 Å². The molecule has 6 nitrogen and oxygen atoms in total. The Bertz CT molecular complexity index is 1340. The first kappa shape index (κ1) is 25.7. The summed E-state index contributed by atoms with van der Waals surface area (Å²) in [7, 11) is 0. The number of benzene rings is 2. The van der Waals surface area contributed by atoms with E-state index in [4.69, 9.17) is 37.2 Å². The maximum Gasteiger partial charge on any atom is 0.338 e. The molecular weight excluding hydrogens is 532 g/mol. The summed E-state index contributed by atoms with van der Waals surface area (Å²) >= 11 is 13.0. The number of carboxylic acid groups (broad SMARTS) is 1. The summed E-state index contributed by atoms with van der Waals surface area (Å²) in [5.74, 6) is -0.451. The van der Waals surface area contributed by atoms with Gasteiger partial charge < -0.3 is 19.1 Å². The molecule has 1 aromatic heterocycles. The van der Waals surface area contributed by atoms with Gasteiger partial charge in [-0.1, -0.05) is 34.4 Å². The van der Waals surface area contributed by atoms with Crippen LogP contribution < -0.4 is 4.74 Å². The molecule has 7 rings (SSSR count). The second-order valence-corrected chi connectivity index (χ2v) is 11.8. The van der Waals surface area contributed by atoms with Gasteiger partial charge in [0.15, 0.2) is 0 Å². The van der Waals surface area contributed by atoms with Crippen molar-refractivity contribution in [2.24, 2.45) is 5.41 Å². The smallest absolute Gasteiger partial charge is 0.338 e. The van der Waals surface area contributed by atoms with E-state index in [9.17, 15) is 14.3 Å². The Labute approximate surface area is 230 Å². The molecule has 0 aliphatic heterocycles. The molecule has 2 bridgehead atoms. The summed E-state index contributed by atoms with van der Waals surface area (Å²) < 4.78 is 32.2. The standard InChI is InChI=1S/C29H28Cl2FNO5/c30-21-2-1-3-22(31)24(21)25-20(26(38-33-25)17-4-5-17)15-37-29-11-8-28(9-12-29,10-13-29)16-36-18-6-7-23(32)19(14-18)27(34)35/h1-3,6-7,14,17H,4-5,8-13,15-16H2,(H,34,35). The molecule has 4 fully saturated rings. The lowest BCUT2D eigenvalue weighted by atomic mass is 9.59. The summed E-state index contributed by atoms with van der Waals surface area (Å²) in [5.41, 5.74) is 1.69. The number of hydrogen-bond acceptors (Lipinski definition) is 5. The van der Waals surface area contributed by atoms with Gasteiger partial charge in [-0.05, 0) is 81.7 Å². The molecular formula is C29H28Cl2FNO5. The number of nitrogens with zero attached hydrogens (tertiary/aromatic N) is 1. The van der Waals surface area contributed by atoms with Crippen molar-refractivity contribution in [3.8, 4) is 17.0 Å². The van der Waals surface area contributed by atoms with Gasteiger partial charge in [0.05, 0.1) is 34.4 Å². The summed E-state index contributed by atoms with van der Waals surface area (Å²) in [5, 5.41) is 14.6. The van der Waals surface area contributed by atoms with E-state index in [1.165, 1.54) is 12.1 Å². The van der Waals surface area contributed by atoms with Crippen LogP contribution in [0.15, 0.2) is 40.9 Å². The number of ether oxygens (including phenoxy) is 2. The van der Waals surface area contributed by atoms with Gasteiger partial charge in [-0.25, -0.2) is 9.18 Å². The minimum Gasteiger partial charge on any atom is -0.493 e. The molecule has 1 N–H and O–H groups in total. The first-order valence-electron chi connectivity index (χ1n) is 13.0. The number of aromatic carboxylic acids is 1. The Balaban J connectivity index is 1.14. The zero-order valence-corrected chi connectivity index (χ0v) is 22.3. The summed E-state index contributed by atoms with van der Waals surface area (Å²) in [6, 6.07) is 9.29. The molecule has 0 atom stereocenters. The molecule has 0 unspecified atom stereocenters. The van der Waals surface area contributed by atoms with Crippen molar-refractivity contribution in [3.05, 3.63) is 69.1 Å². The van der Waals surface area contributed by atoms with Crippen molar-refractivity contribution < 1.29 is 28.3 Å². The molecule has 38 heavy (non-hydrogen) atoms. The third-order valence-electron chi connectivity index (χ3n) is 8.54. The number of hydrogen-bond donors (Lipinski definition) is 1. The van der Waals surface area contributed by atoms with E-state index in [0.717, 1.165) is 68.8 Å². The normalized spacial score (nSPS) is 24.5. The van der Waals surface area contributed by atoms with Crippen molar-refractivity contribution in [2.45, 2.75) is 69.5 Å². The lowest BCUT2D eigenvalue weighted by Gasteiger charge is -2.52. The lowest BCUT2D eigenvalue weighted by Crippen LogP contribution is -2.49. The Morgan fingerprint density at radius 2 is 1.76 bits per heavy atom. The highest BCUT2D eigenvalue weighted by Crippen LogP contribution is 2.55. The van der Waals surface area contributed by atoms with Crippen molar-refractivity contribution in [3.63, 3.8) is 0 Å². The van der Waals surface area contributed by atoms with Crippen LogP contribution in [-0.2, 0) is 11.3 Å². The highest BCUT2D eigenvalue weighted by Gasteiger charge is 2.50. The largest absolute Gasteiger partial charge is 0.493 e. The molecule has 1 heterocycles. The van der Waals surface area contributed by atoms with E-state index in [1.54, 1.807) is 12.1 Å². The first-order chi connectivity index (χ1) is 18.3. The van der Waals surface area contributed by atoms with Crippen molar-refractivity contribution in [1.82, 2.24) is 5.16 Å². The highest BCUT2D eigenvalue weighted by atomic mass is 35.5. The molecule has 4 aliphatic rings. The molecule has 0 spiro atoms. The second-order valence-electron chi connectivity index (χ2n) is 11.0. The van der Waals surface area contributed by atoms with Gasteiger partial charge in [-0.3, -0.25) is 0 Å². The van der Waals surface area contributed by atoms with E-state index < -0.39 is 11.8 Å². The topological polar surface area (TPSA) is 81.8 Å². The molecule has 3 aromatic rings. The highest BCUT2D eigenvalue weighted by molar-refractivity contribution is 6.39. The van der Waals surface area contributed by atoms with Crippen LogP contribution in [0.1, 0.15) is 79.0 Å². The van der Waals surface area contributed by atoms with Crippen molar-refractivity contribution >= 4 is 29.2 Å². The van der Waals surface area contributed by atoms with E-state index in [-0.39, 0.29) is 16.6 Å².